The van der Waals surface area contributed by atoms with Gasteiger partial charge in [0, 0.05) is 0 Å². The first-order chi connectivity index (χ1) is 7.31. The molecule has 2 nitrogen and oxygen atoms in total. The molecule has 90 valence electrons. The molecule has 0 aromatic heterocycles. The molecule has 0 amide bonds. The summed E-state index contributed by atoms with van der Waals surface area (Å²) in [6.45, 7) is 2.25. The third kappa shape index (κ3) is 12.2. The van der Waals surface area contributed by atoms with Gasteiger partial charge in [0.25, 0.3) is 0 Å². The second-order valence-corrected chi connectivity index (χ2v) is 6.90. The fourth-order valence-electron chi connectivity index (χ4n) is 1.38. The Morgan fingerprint density at radius 1 is 1.07 bits per heavy atom. The van der Waals surface area contributed by atoms with Crippen molar-refractivity contribution in [3.63, 3.8) is 0 Å². The van der Waals surface area contributed by atoms with E-state index in [1.54, 1.807) is 0 Å². The van der Waals surface area contributed by atoms with Crippen LogP contribution in [0, 0.1) is 0 Å². The maximum atomic E-state index is 10.8. The molecular formula is C12H24O2Te. The number of carbonyl (C=O) groups excluding carboxylic acids is 1. The van der Waals surface area contributed by atoms with E-state index >= 15 is 0 Å². The van der Waals surface area contributed by atoms with Crippen LogP contribution in [0.15, 0.2) is 0 Å². The van der Waals surface area contributed by atoms with E-state index in [1.165, 1.54) is 56.5 Å². The van der Waals surface area contributed by atoms with Gasteiger partial charge in [-0.05, 0) is 0 Å². The van der Waals surface area contributed by atoms with Crippen LogP contribution in [0.3, 0.4) is 0 Å². The van der Waals surface area contributed by atoms with Crippen molar-refractivity contribution in [3.8, 4) is 0 Å². The van der Waals surface area contributed by atoms with Gasteiger partial charge in [0.2, 0.25) is 0 Å². The van der Waals surface area contributed by atoms with Crippen LogP contribution in [0.25, 0.3) is 0 Å². The molecule has 0 saturated heterocycles. The van der Waals surface area contributed by atoms with Gasteiger partial charge in [-0.2, -0.15) is 0 Å². The first-order valence-electron chi connectivity index (χ1n) is 5.95. The number of hydrogen-bond donors (Lipinski definition) is 0. The van der Waals surface area contributed by atoms with Gasteiger partial charge >= 0.3 is 104 Å². The minimum atomic E-state index is -0.0917. The predicted molar refractivity (Wildman–Crippen MR) is 65.4 cm³/mol. The molecule has 3 heteroatoms. The summed E-state index contributed by atoms with van der Waals surface area (Å²) in [5.41, 5.74) is 0. The van der Waals surface area contributed by atoms with Crippen molar-refractivity contribution < 1.29 is 9.53 Å². The monoisotopic (exact) mass is 330 g/mol. The molecule has 0 N–H and O–H groups in total. The summed E-state index contributed by atoms with van der Waals surface area (Å²) < 4.78 is 6.63. The normalized spacial score (nSPS) is 10.3. The van der Waals surface area contributed by atoms with Gasteiger partial charge in [-0.3, -0.25) is 0 Å². The Bertz CT molecular complexity index is 149. The fourth-order valence-corrected chi connectivity index (χ4v) is 3.76. The van der Waals surface area contributed by atoms with Crippen molar-refractivity contribution in [1.29, 1.82) is 0 Å². The SMILES string of the molecule is CCCCCCCCC[Te]CC(=O)OC. The topological polar surface area (TPSA) is 26.3 Å². The molecule has 0 aromatic carbocycles. The van der Waals surface area contributed by atoms with Crippen LogP contribution in [-0.2, 0) is 9.53 Å². The van der Waals surface area contributed by atoms with E-state index in [0.29, 0.717) is 0 Å². The van der Waals surface area contributed by atoms with Crippen LogP contribution in [-0.4, -0.2) is 34.0 Å². The molecule has 0 saturated carbocycles. The molecule has 15 heavy (non-hydrogen) atoms. The molecule has 0 atom stereocenters. The molecule has 0 aliphatic carbocycles. The van der Waals surface area contributed by atoms with Gasteiger partial charge in [-0.15, -0.1) is 0 Å². The number of methoxy groups -OCH3 is 1. The summed E-state index contributed by atoms with van der Waals surface area (Å²) in [6.07, 6.45) is 9.56. The van der Waals surface area contributed by atoms with Crippen molar-refractivity contribution in [2.45, 2.75) is 60.8 Å². The van der Waals surface area contributed by atoms with Crippen molar-refractivity contribution in [2.24, 2.45) is 0 Å². The first-order valence-corrected chi connectivity index (χ1v) is 9.25. The quantitative estimate of drug-likeness (QED) is 0.349. The fraction of sp³-hybridized carbons (Fsp3) is 0.917. The summed E-state index contributed by atoms with van der Waals surface area (Å²) in [6, 6.07) is 0. The maximum absolute atomic E-state index is 10.8. The zero-order chi connectivity index (χ0) is 11.4. The summed E-state index contributed by atoms with van der Waals surface area (Å²) in [7, 11) is 1.48. The molecular weight excluding hydrogens is 304 g/mol. The molecule has 0 spiro atoms. The summed E-state index contributed by atoms with van der Waals surface area (Å²) in [5.74, 6) is -0.0136. The predicted octanol–water partition coefficient (Wildman–Crippen LogP) is 3.45. The number of rotatable bonds is 10. The van der Waals surface area contributed by atoms with Gasteiger partial charge in [0.1, 0.15) is 0 Å². The second kappa shape index (κ2) is 12.3. The van der Waals surface area contributed by atoms with Crippen molar-refractivity contribution in [2.75, 3.05) is 7.11 Å². The first kappa shape index (κ1) is 15.3. The van der Waals surface area contributed by atoms with Crippen LogP contribution in [0.5, 0.6) is 0 Å². The summed E-state index contributed by atoms with van der Waals surface area (Å²) in [4.78, 5) is 10.8. The van der Waals surface area contributed by atoms with Crippen molar-refractivity contribution in [1.82, 2.24) is 0 Å². The van der Waals surface area contributed by atoms with Gasteiger partial charge in [-0.25, -0.2) is 0 Å². The number of ether oxygens (including phenoxy) is 1. The Morgan fingerprint density at radius 3 is 2.27 bits per heavy atom. The standard InChI is InChI=1S/C12H24O2Te/c1-3-4-5-6-7-8-9-10-15-11-12(13)14-2/h3-11H2,1-2H3. The molecule has 0 fully saturated rings. The van der Waals surface area contributed by atoms with E-state index in [4.69, 9.17) is 0 Å². The molecule has 0 aromatic rings. The average Bonchev–Trinajstić information content (AvgIpc) is 2.26. The zero-order valence-electron chi connectivity index (χ0n) is 10.1. The zero-order valence-corrected chi connectivity index (χ0v) is 12.4. The third-order valence-corrected chi connectivity index (χ3v) is 5.24. The van der Waals surface area contributed by atoms with Crippen LogP contribution >= 0.6 is 0 Å². The van der Waals surface area contributed by atoms with Crippen molar-refractivity contribution in [3.05, 3.63) is 0 Å². The Balaban J connectivity index is 2.95. The second-order valence-electron chi connectivity index (χ2n) is 3.75. The Kier molecular flexibility index (Phi) is 12.5. The Morgan fingerprint density at radius 2 is 1.67 bits per heavy atom. The van der Waals surface area contributed by atoms with Crippen molar-refractivity contribution >= 4 is 26.9 Å². The molecule has 0 heterocycles. The number of carbonyl (C=O) groups is 1. The average molecular weight is 328 g/mol. The molecule has 0 radical (unpaired) electrons. The van der Waals surface area contributed by atoms with E-state index in [1.807, 2.05) is 0 Å². The van der Waals surface area contributed by atoms with E-state index in [0.717, 1.165) is 4.47 Å². The van der Waals surface area contributed by atoms with Crippen LogP contribution in [0.4, 0.5) is 0 Å². The molecule has 0 bridgehead atoms. The Labute approximate surface area is 104 Å². The van der Waals surface area contributed by atoms with E-state index in [9.17, 15) is 4.79 Å². The molecule has 0 aliphatic rings. The summed E-state index contributed by atoms with van der Waals surface area (Å²) >= 11 is -0.0917. The van der Waals surface area contributed by atoms with Crippen LogP contribution in [0.1, 0.15) is 51.9 Å². The Hall–Kier alpha value is 0.260. The number of unbranched alkanes of at least 4 members (excludes halogenated alkanes) is 6. The van der Waals surface area contributed by atoms with Crippen LogP contribution < -0.4 is 0 Å². The van der Waals surface area contributed by atoms with E-state index in [-0.39, 0.29) is 26.9 Å². The number of esters is 1. The van der Waals surface area contributed by atoms with Crippen LogP contribution in [0.2, 0.25) is 8.94 Å². The summed E-state index contributed by atoms with van der Waals surface area (Å²) in [5, 5.41) is 0. The van der Waals surface area contributed by atoms with E-state index < -0.39 is 0 Å². The molecule has 0 aliphatic heterocycles. The molecule has 0 rings (SSSR count). The van der Waals surface area contributed by atoms with Gasteiger partial charge in [0.15, 0.2) is 0 Å². The molecule has 0 unspecified atom stereocenters. The minimum absolute atomic E-state index is 0.0136. The third-order valence-electron chi connectivity index (χ3n) is 2.34. The van der Waals surface area contributed by atoms with Gasteiger partial charge in [0.05, 0.1) is 0 Å². The van der Waals surface area contributed by atoms with E-state index in [2.05, 4.69) is 11.7 Å². The van der Waals surface area contributed by atoms with Gasteiger partial charge in [-0.1, -0.05) is 0 Å². The number of hydrogen-bond acceptors (Lipinski definition) is 2. The van der Waals surface area contributed by atoms with Gasteiger partial charge < -0.3 is 0 Å².